The van der Waals surface area contributed by atoms with Crippen molar-refractivity contribution in [2.75, 3.05) is 6.54 Å². The van der Waals surface area contributed by atoms with E-state index in [-0.39, 0.29) is 0 Å². The normalized spacial score (nSPS) is 10.8. The molecule has 4 heteroatoms. The minimum atomic E-state index is 0.645. The molecule has 1 aromatic heterocycles. The fraction of sp³-hybridized carbons (Fsp3) is 0.308. The maximum atomic E-state index is 5.56. The first-order chi connectivity index (χ1) is 8.11. The lowest BCUT2D eigenvalue weighted by molar-refractivity contribution is 0.954. The minimum absolute atomic E-state index is 0.645. The van der Waals surface area contributed by atoms with Gasteiger partial charge in [0, 0.05) is 12.0 Å². The van der Waals surface area contributed by atoms with Crippen molar-refractivity contribution in [3.05, 3.63) is 38.1 Å². The molecule has 0 bridgehead atoms. The van der Waals surface area contributed by atoms with Crippen molar-refractivity contribution in [1.82, 2.24) is 4.98 Å². The van der Waals surface area contributed by atoms with Crippen LogP contribution in [-0.4, -0.2) is 11.5 Å². The average molecular weight is 311 g/mol. The van der Waals surface area contributed by atoms with Crippen molar-refractivity contribution in [2.45, 2.75) is 20.3 Å². The van der Waals surface area contributed by atoms with Gasteiger partial charge in [-0.15, -0.1) is 11.3 Å². The molecular formula is C13H15BrN2S. The van der Waals surface area contributed by atoms with Gasteiger partial charge in [0.25, 0.3) is 0 Å². The summed E-state index contributed by atoms with van der Waals surface area (Å²) in [7, 11) is 0. The number of halogens is 1. The SMILES string of the molecule is Cc1ccc(-c2nc(CCN)sc2Br)c(C)c1. The van der Waals surface area contributed by atoms with Gasteiger partial charge in [0.2, 0.25) is 0 Å². The molecule has 0 amide bonds. The van der Waals surface area contributed by atoms with E-state index >= 15 is 0 Å². The van der Waals surface area contributed by atoms with E-state index in [0.29, 0.717) is 6.54 Å². The molecule has 0 aliphatic rings. The first kappa shape index (κ1) is 12.7. The third-order valence-electron chi connectivity index (χ3n) is 2.63. The number of nitrogens with zero attached hydrogens (tertiary/aromatic N) is 1. The van der Waals surface area contributed by atoms with Crippen LogP contribution in [0, 0.1) is 13.8 Å². The Morgan fingerprint density at radius 1 is 1.35 bits per heavy atom. The number of hydrogen-bond donors (Lipinski definition) is 1. The van der Waals surface area contributed by atoms with Gasteiger partial charge in [0.05, 0.1) is 14.5 Å². The van der Waals surface area contributed by atoms with Crippen LogP contribution in [0.3, 0.4) is 0 Å². The highest BCUT2D eigenvalue weighted by atomic mass is 79.9. The second-order valence-electron chi connectivity index (χ2n) is 4.09. The van der Waals surface area contributed by atoms with Gasteiger partial charge < -0.3 is 5.73 Å². The molecule has 0 aliphatic heterocycles. The highest BCUT2D eigenvalue weighted by Gasteiger charge is 2.12. The van der Waals surface area contributed by atoms with Crippen LogP contribution in [-0.2, 0) is 6.42 Å². The highest BCUT2D eigenvalue weighted by molar-refractivity contribution is 9.11. The predicted octanol–water partition coefficient (Wildman–Crippen LogP) is 3.69. The third-order valence-corrected chi connectivity index (χ3v) is 4.39. The number of thiazole rings is 1. The highest BCUT2D eigenvalue weighted by Crippen LogP contribution is 2.34. The lowest BCUT2D eigenvalue weighted by atomic mass is 10.0. The fourth-order valence-electron chi connectivity index (χ4n) is 1.82. The Labute approximate surface area is 114 Å². The van der Waals surface area contributed by atoms with Gasteiger partial charge >= 0.3 is 0 Å². The van der Waals surface area contributed by atoms with Crippen LogP contribution >= 0.6 is 27.3 Å². The Hall–Kier alpha value is -0.710. The van der Waals surface area contributed by atoms with E-state index in [0.717, 1.165) is 20.9 Å². The van der Waals surface area contributed by atoms with Crippen LogP contribution in [0.25, 0.3) is 11.3 Å². The number of nitrogens with two attached hydrogens (primary N) is 1. The minimum Gasteiger partial charge on any atom is -0.330 e. The van der Waals surface area contributed by atoms with Crippen LogP contribution in [0.5, 0.6) is 0 Å². The molecule has 1 heterocycles. The van der Waals surface area contributed by atoms with Gasteiger partial charge in [-0.05, 0) is 41.9 Å². The number of aromatic nitrogens is 1. The summed E-state index contributed by atoms with van der Waals surface area (Å²) in [5.74, 6) is 0. The molecule has 2 N–H and O–H groups in total. The van der Waals surface area contributed by atoms with Crippen molar-refractivity contribution < 1.29 is 0 Å². The average Bonchev–Trinajstić information content (AvgIpc) is 2.60. The molecule has 0 unspecified atom stereocenters. The Bertz CT molecular complexity index is 534. The predicted molar refractivity (Wildman–Crippen MR) is 77.5 cm³/mol. The van der Waals surface area contributed by atoms with Gasteiger partial charge in [0.15, 0.2) is 0 Å². The van der Waals surface area contributed by atoms with E-state index in [1.807, 2.05) is 0 Å². The first-order valence-electron chi connectivity index (χ1n) is 5.54. The van der Waals surface area contributed by atoms with Gasteiger partial charge in [-0.2, -0.15) is 0 Å². The quantitative estimate of drug-likeness (QED) is 0.939. The van der Waals surface area contributed by atoms with Crippen molar-refractivity contribution in [3.8, 4) is 11.3 Å². The van der Waals surface area contributed by atoms with E-state index in [1.165, 1.54) is 16.7 Å². The van der Waals surface area contributed by atoms with Crippen molar-refractivity contribution in [2.24, 2.45) is 5.73 Å². The van der Waals surface area contributed by atoms with Crippen LogP contribution in [0.2, 0.25) is 0 Å². The summed E-state index contributed by atoms with van der Waals surface area (Å²) in [6.45, 7) is 4.87. The van der Waals surface area contributed by atoms with Gasteiger partial charge in [-0.3, -0.25) is 0 Å². The summed E-state index contributed by atoms with van der Waals surface area (Å²) in [4.78, 5) is 4.65. The summed E-state index contributed by atoms with van der Waals surface area (Å²) in [6.07, 6.45) is 0.841. The Balaban J connectivity index is 2.45. The lowest BCUT2D eigenvalue weighted by Crippen LogP contribution is -2.02. The molecule has 0 saturated heterocycles. The molecule has 17 heavy (non-hydrogen) atoms. The molecule has 2 nitrogen and oxygen atoms in total. The topological polar surface area (TPSA) is 38.9 Å². The van der Waals surface area contributed by atoms with E-state index in [9.17, 15) is 0 Å². The third kappa shape index (κ3) is 2.76. The maximum Gasteiger partial charge on any atom is 0.0979 e. The zero-order valence-electron chi connectivity index (χ0n) is 9.96. The van der Waals surface area contributed by atoms with Crippen LogP contribution in [0.4, 0.5) is 0 Å². The Kier molecular flexibility index (Phi) is 3.97. The molecular weight excluding hydrogens is 296 g/mol. The fourth-order valence-corrected chi connectivity index (χ4v) is 3.50. The molecule has 0 atom stereocenters. The molecule has 0 spiro atoms. The molecule has 90 valence electrons. The standard InChI is InChI=1S/C13H15BrN2S/c1-8-3-4-10(9(2)7-8)12-13(14)17-11(16-12)5-6-15/h3-4,7H,5-6,15H2,1-2H3. The van der Waals surface area contributed by atoms with E-state index in [2.05, 4.69) is 53.0 Å². The maximum absolute atomic E-state index is 5.56. The zero-order valence-corrected chi connectivity index (χ0v) is 12.4. The number of aryl methyl sites for hydroxylation is 2. The molecule has 0 radical (unpaired) electrons. The van der Waals surface area contributed by atoms with Crippen molar-refractivity contribution >= 4 is 27.3 Å². The van der Waals surface area contributed by atoms with E-state index < -0.39 is 0 Å². The molecule has 0 saturated carbocycles. The van der Waals surface area contributed by atoms with Crippen LogP contribution in [0.1, 0.15) is 16.1 Å². The smallest absolute Gasteiger partial charge is 0.0979 e. The van der Waals surface area contributed by atoms with E-state index in [1.54, 1.807) is 11.3 Å². The second-order valence-corrected chi connectivity index (χ2v) is 6.49. The molecule has 2 rings (SSSR count). The van der Waals surface area contributed by atoms with Gasteiger partial charge in [-0.25, -0.2) is 4.98 Å². The summed E-state index contributed by atoms with van der Waals surface area (Å²) >= 11 is 5.26. The monoisotopic (exact) mass is 310 g/mol. The summed E-state index contributed by atoms with van der Waals surface area (Å²) in [6, 6.07) is 6.44. The molecule has 0 aliphatic carbocycles. The number of hydrogen-bond acceptors (Lipinski definition) is 3. The Morgan fingerprint density at radius 2 is 2.12 bits per heavy atom. The number of rotatable bonds is 3. The summed E-state index contributed by atoms with van der Waals surface area (Å²) in [5.41, 5.74) is 10.3. The summed E-state index contributed by atoms with van der Waals surface area (Å²) < 4.78 is 1.09. The zero-order chi connectivity index (χ0) is 12.4. The largest absolute Gasteiger partial charge is 0.330 e. The van der Waals surface area contributed by atoms with Crippen molar-refractivity contribution in [3.63, 3.8) is 0 Å². The van der Waals surface area contributed by atoms with E-state index in [4.69, 9.17) is 5.73 Å². The Morgan fingerprint density at radius 3 is 2.76 bits per heavy atom. The summed E-state index contributed by atoms with van der Waals surface area (Å²) in [5, 5.41) is 1.09. The number of benzene rings is 1. The molecule has 2 aromatic rings. The van der Waals surface area contributed by atoms with Crippen LogP contribution < -0.4 is 5.73 Å². The van der Waals surface area contributed by atoms with Crippen molar-refractivity contribution in [1.29, 1.82) is 0 Å². The first-order valence-corrected chi connectivity index (χ1v) is 7.15. The second kappa shape index (κ2) is 5.29. The lowest BCUT2D eigenvalue weighted by Gasteiger charge is -2.04. The van der Waals surface area contributed by atoms with Crippen LogP contribution in [0.15, 0.2) is 22.0 Å². The van der Waals surface area contributed by atoms with Gasteiger partial charge in [0.1, 0.15) is 0 Å². The molecule has 0 fully saturated rings. The molecule has 1 aromatic carbocycles. The van der Waals surface area contributed by atoms with Gasteiger partial charge in [-0.1, -0.05) is 23.8 Å².